The molecular weight excluding hydrogens is 178 g/mol. The summed E-state index contributed by atoms with van der Waals surface area (Å²) in [6.45, 7) is 0. The summed E-state index contributed by atoms with van der Waals surface area (Å²) in [5.74, 6) is 0. The molecule has 2 aromatic rings. The number of hydrogen-bond acceptors (Lipinski definition) is 4. The van der Waals surface area contributed by atoms with Crippen molar-refractivity contribution in [1.82, 2.24) is 20.4 Å². The van der Waals surface area contributed by atoms with E-state index in [1.54, 1.807) is 18.6 Å². The summed E-state index contributed by atoms with van der Waals surface area (Å²) in [6.07, 6.45) is 5.90. The lowest BCUT2D eigenvalue weighted by Crippen LogP contribution is -2.13. The van der Waals surface area contributed by atoms with Crippen LogP contribution < -0.4 is 5.73 Å². The maximum Gasteiger partial charge on any atom is 0.0995 e. The number of hydrogen-bond donors (Lipinski definition) is 2. The maximum atomic E-state index is 5.93. The van der Waals surface area contributed by atoms with Crippen LogP contribution in [0.1, 0.15) is 17.3 Å². The van der Waals surface area contributed by atoms with E-state index in [1.807, 2.05) is 12.1 Å². The Bertz CT molecular complexity index is 369. The summed E-state index contributed by atoms with van der Waals surface area (Å²) in [5, 5.41) is 10.2. The average Bonchev–Trinajstić information content (AvgIpc) is 2.72. The molecule has 0 amide bonds. The summed E-state index contributed by atoms with van der Waals surface area (Å²) in [7, 11) is 0. The van der Waals surface area contributed by atoms with Gasteiger partial charge in [-0.25, -0.2) is 0 Å². The fourth-order valence-electron chi connectivity index (χ4n) is 1.27. The zero-order valence-electron chi connectivity index (χ0n) is 7.59. The minimum Gasteiger partial charge on any atom is -0.322 e. The van der Waals surface area contributed by atoms with E-state index in [0.29, 0.717) is 0 Å². The van der Waals surface area contributed by atoms with Crippen LogP contribution in [0, 0.1) is 0 Å². The smallest absolute Gasteiger partial charge is 0.0995 e. The number of rotatable bonds is 3. The fourth-order valence-corrected chi connectivity index (χ4v) is 1.27. The van der Waals surface area contributed by atoms with E-state index in [2.05, 4.69) is 20.4 Å². The highest BCUT2D eigenvalue weighted by Crippen LogP contribution is 2.11. The average molecular weight is 189 g/mol. The first-order valence-corrected chi connectivity index (χ1v) is 4.36. The monoisotopic (exact) mass is 189 g/mol. The number of pyridine rings is 1. The number of nitrogens with one attached hydrogen (secondary N) is 1. The molecule has 0 saturated carbocycles. The standard InChI is InChI=1S/C9H11N5/c10-8(9-6-12-14-13-9)5-7-1-3-11-4-2-7/h1-4,6,8H,5,10H2,(H,12,13,14). The number of nitrogens with zero attached hydrogens (tertiary/aromatic N) is 3. The van der Waals surface area contributed by atoms with Crippen molar-refractivity contribution in [2.75, 3.05) is 0 Å². The van der Waals surface area contributed by atoms with Crippen molar-refractivity contribution < 1.29 is 0 Å². The maximum absolute atomic E-state index is 5.93. The largest absolute Gasteiger partial charge is 0.322 e. The van der Waals surface area contributed by atoms with Crippen LogP contribution in [0.5, 0.6) is 0 Å². The third-order valence-electron chi connectivity index (χ3n) is 2.02. The van der Waals surface area contributed by atoms with Gasteiger partial charge in [0.05, 0.1) is 17.9 Å². The predicted octanol–water partition coefficient (Wildman–Crippen LogP) is 0.442. The Labute approximate surface area is 81.4 Å². The Balaban J connectivity index is 2.06. The normalized spacial score (nSPS) is 12.6. The van der Waals surface area contributed by atoms with E-state index < -0.39 is 0 Å². The van der Waals surface area contributed by atoms with Crippen LogP contribution in [0.25, 0.3) is 0 Å². The summed E-state index contributed by atoms with van der Waals surface area (Å²) < 4.78 is 0. The Kier molecular flexibility index (Phi) is 2.51. The number of nitrogens with two attached hydrogens (primary N) is 1. The number of aromatic amines is 1. The van der Waals surface area contributed by atoms with E-state index in [9.17, 15) is 0 Å². The highest BCUT2D eigenvalue weighted by molar-refractivity contribution is 5.14. The van der Waals surface area contributed by atoms with Gasteiger partial charge in [0, 0.05) is 12.4 Å². The summed E-state index contributed by atoms with van der Waals surface area (Å²) in [6, 6.07) is 3.77. The van der Waals surface area contributed by atoms with E-state index in [0.717, 1.165) is 17.7 Å². The number of H-pyrrole nitrogens is 1. The minimum atomic E-state index is -0.115. The van der Waals surface area contributed by atoms with Crippen LogP contribution in [0.15, 0.2) is 30.7 Å². The highest BCUT2D eigenvalue weighted by Gasteiger charge is 2.08. The van der Waals surface area contributed by atoms with Gasteiger partial charge in [-0.1, -0.05) is 0 Å². The van der Waals surface area contributed by atoms with Gasteiger partial charge in [-0.05, 0) is 24.1 Å². The molecule has 5 nitrogen and oxygen atoms in total. The second-order valence-electron chi connectivity index (χ2n) is 3.06. The molecule has 0 bridgehead atoms. The predicted molar refractivity (Wildman–Crippen MR) is 51.3 cm³/mol. The van der Waals surface area contributed by atoms with Crippen molar-refractivity contribution in [2.45, 2.75) is 12.5 Å². The molecule has 2 rings (SSSR count). The van der Waals surface area contributed by atoms with Crippen LogP contribution in [0.4, 0.5) is 0 Å². The van der Waals surface area contributed by atoms with Gasteiger partial charge in [0.15, 0.2) is 0 Å². The zero-order chi connectivity index (χ0) is 9.80. The van der Waals surface area contributed by atoms with Crippen LogP contribution in [0.3, 0.4) is 0 Å². The molecule has 1 unspecified atom stereocenters. The van der Waals surface area contributed by atoms with Gasteiger partial charge in [-0.3, -0.25) is 4.98 Å². The Morgan fingerprint density at radius 3 is 2.79 bits per heavy atom. The zero-order valence-corrected chi connectivity index (χ0v) is 7.59. The van der Waals surface area contributed by atoms with Gasteiger partial charge in [-0.15, -0.1) is 0 Å². The minimum absolute atomic E-state index is 0.115. The third-order valence-corrected chi connectivity index (χ3v) is 2.02. The molecule has 1 atom stereocenters. The molecule has 0 saturated heterocycles. The van der Waals surface area contributed by atoms with Gasteiger partial charge in [0.2, 0.25) is 0 Å². The molecule has 0 fully saturated rings. The molecule has 2 heterocycles. The van der Waals surface area contributed by atoms with Gasteiger partial charge < -0.3 is 5.73 Å². The summed E-state index contributed by atoms with van der Waals surface area (Å²) in [5.41, 5.74) is 7.86. The molecule has 5 heteroatoms. The third kappa shape index (κ3) is 1.94. The van der Waals surface area contributed by atoms with E-state index in [4.69, 9.17) is 5.73 Å². The Morgan fingerprint density at radius 1 is 1.36 bits per heavy atom. The van der Waals surface area contributed by atoms with Crippen molar-refractivity contribution in [3.8, 4) is 0 Å². The van der Waals surface area contributed by atoms with Crippen LogP contribution >= 0.6 is 0 Å². The first kappa shape index (κ1) is 8.83. The second kappa shape index (κ2) is 3.97. The van der Waals surface area contributed by atoms with Crippen molar-refractivity contribution in [1.29, 1.82) is 0 Å². The first-order chi connectivity index (χ1) is 6.86. The van der Waals surface area contributed by atoms with Gasteiger partial charge in [-0.2, -0.15) is 15.4 Å². The van der Waals surface area contributed by atoms with Crippen molar-refractivity contribution in [3.63, 3.8) is 0 Å². The van der Waals surface area contributed by atoms with E-state index >= 15 is 0 Å². The summed E-state index contributed by atoms with van der Waals surface area (Å²) in [4.78, 5) is 3.94. The lowest BCUT2D eigenvalue weighted by Gasteiger charge is -2.06. The lowest BCUT2D eigenvalue weighted by molar-refractivity contribution is 0.691. The quantitative estimate of drug-likeness (QED) is 0.734. The molecule has 14 heavy (non-hydrogen) atoms. The fraction of sp³-hybridized carbons (Fsp3) is 0.222. The van der Waals surface area contributed by atoms with Crippen molar-refractivity contribution in [3.05, 3.63) is 42.0 Å². The van der Waals surface area contributed by atoms with E-state index in [1.165, 1.54) is 0 Å². The van der Waals surface area contributed by atoms with Crippen molar-refractivity contribution >= 4 is 0 Å². The molecule has 0 aliphatic rings. The van der Waals surface area contributed by atoms with Crippen molar-refractivity contribution in [2.24, 2.45) is 5.73 Å². The topological polar surface area (TPSA) is 80.5 Å². The number of aromatic nitrogens is 4. The Hall–Kier alpha value is -1.75. The lowest BCUT2D eigenvalue weighted by atomic mass is 10.1. The second-order valence-corrected chi connectivity index (χ2v) is 3.06. The molecular formula is C9H11N5. The SMILES string of the molecule is NC(Cc1ccncc1)c1cn[nH]n1. The summed E-state index contributed by atoms with van der Waals surface area (Å²) >= 11 is 0. The molecule has 72 valence electrons. The molecule has 0 aliphatic carbocycles. The molecule has 0 aliphatic heterocycles. The van der Waals surface area contributed by atoms with Crippen LogP contribution in [0.2, 0.25) is 0 Å². The molecule has 2 aromatic heterocycles. The van der Waals surface area contributed by atoms with Crippen LogP contribution in [-0.4, -0.2) is 20.4 Å². The molecule has 0 spiro atoms. The molecule has 0 aromatic carbocycles. The van der Waals surface area contributed by atoms with Gasteiger partial charge in [0.1, 0.15) is 0 Å². The molecule has 3 N–H and O–H groups in total. The first-order valence-electron chi connectivity index (χ1n) is 4.36. The molecule has 0 radical (unpaired) electrons. The van der Waals surface area contributed by atoms with E-state index in [-0.39, 0.29) is 6.04 Å². The van der Waals surface area contributed by atoms with Crippen LogP contribution in [-0.2, 0) is 6.42 Å². The van der Waals surface area contributed by atoms with Gasteiger partial charge >= 0.3 is 0 Å². The highest BCUT2D eigenvalue weighted by atomic mass is 15.3. The Morgan fingerprint density at radius 2 is 2.14 bits per heavy atom. The van der Waals surface area contributed by atoms with Gasteiger partial charge in [0.25, 0.3) is 0 Å².